The Balaban J connectivity index is 2.27. The molecule has 100 valence electrons. The number of ether oxygens (including phenoxy) is 1. The monoisotopic (exact) mass is 278 g/mol. The summed E-state index contributed by atoms with van der Waals surface area (Å²) in [7, 11) is 1.55. The largest absolute Gasteiger partial charge is 0.495 e. The molecule has 0 saturated heterocycles. The normalized spacial score (nSPS) is 11.9. The third-order valence-corrected chi connectivity index (χ3v) is 3.65. The minimum Gasteiger partial charge on any atom is -0.495 e. The fraction of sp³-hybridized carbons (Fsp3) is 0.231. The number of anilines is 1. The van der Waals surface area contributed by atoms with Gasteiger partial charge in [0.25, 0.3) is 0 Å². The van der Waals surface area contributed by atoms with Gasteiger partial charge < -0.3 is 15.2 Å². The van der Waals surface area contributed by atoms with Gasteiger partial charge in [0.05, 0.1) is 29.9 Å². The van der Waals surface area contributed by atoms with Crippen molar-refractivity contribution in [2.24, 2.45) is 0 Å². The van der Waals surface area contributed by atoms with E-state index in [-0.39, 0.29) is 11.6 Å². The molecule has 6 heteroatoms. The number of carboxylic acids is 1. The minimum absolute atomic E-state index is 0.0328. The summed E-state index contributed by atoms with van der Waals surface area (Å²) in [5, 5.41) is 12.3. The third kappa shape index (κ3) is 3.03. The molecular formula is C13H14N2O3S. The molecule has 1 unspecified atom stereocenters. The van der Waals surface area contributed by atoms with Gasteiger partial charge in [0, 0.05) is 11.1 Å². The number of thiazole rings is 1. The zero-order valence-electron chi connectivity index (χ0n) is 10.6. The first kappa shape index (κ1) is 13.4. The van der Waals surface area contributed by atoms with Crippen molar-refractivity contribution < 1.29 is 14.6 Å². The molecule has 19 heavy (non-hydrogen) atoms. The molecule has 0 aliphatic heterocycles. The number of methoxy groups -OCH3 is 1. The fourth-order valence-corrected chi connectivity index (χ4v) is 2.33. The van der Waals surface area contributed by atoms with Crippen LogP contribution in [0.15, 0.2) is 29.9 Å². The minimum atomic E-state index is -0.962. The molecule has 0 radical (unpaired) electrons. The molecule has 0 spiro atoms. The zero-order valence-corrected chi connectivity index (χ0v) is 11.4. The van der Waals surface area contributed by atoms with E-state index in [1.165, 1.54) is 6.07 Å². The highest BCUT2D eigenvalue weighted by Crippen LogP contribution is 2.30. The number of hydrogen-bond donors (Lipinski definition) is 2. The lowest BCUT2D eigenvalue weighted by Gasteiger charge is -2.16. The Morgan fingerprint density at radius 1 is 1.53 bits per heavy atom. The van der Waals surface area contributed by atoms with E-state index in [9.17, 15) is 4.79 Å². The Kier molecular flexibility index (Phi) is 4.01. The van der Waals surface area contributed by atoms with Crippen molar-refractivity contribution in [2.45, 2.75) is 13.0 Å². The second-order valence-electron chi connectivity index (χ2n) is 3.99. The van der Waals surface area contributed by atoms with Gasteiger partial charge in [-0.2, -0.15) is 0 Å². The van der Waals surface area contributed by atoms with Crippen LogP contribution in [0.1, 0.15) is 28.2 Å². The van der Waals surface area contributed by atoms with Crippen LogP contribution in [0.2, 0.25) is 0 Å². The quantitative estimate of drug-likeness (QED) is 0.879. The van der Waals surface area contributed by atoms with E-state index >= 15 is 0 Å². The van der Waals surface area contributed by atoms with Crippen molar-refractivity contribution in [3.63, 3.8) is 0 Å². The molecule has 0 bridgehead atoms. The van der Waals surface area contributed by atoms with E-state index in [0.29, 0.717) is 11.4 Å². The van der Waals surface area contributed by atoms with E-state index < -0.39 is 5.97 Å². The molecule has 2 rings (SSSR count). The zero-order chi connectivity index (χ0) is 13.8. The standard InChI is InChI=1S/C13H14N2O3S/c1-8(12-6-14-7-19-12)15-10-5-9(13(16)17)3-4-11(10)18-2/h3-8,15H,1-2H3,(H,16,17). The van der Waals surface area contributed by atoms with Crippen LogP contribution < -0.4 is 10.1 Å². The van der Waals surface area contributed by atoms with Crippen molar-refractivity contribution >= 4 is 23.0 Å². The number of carboxylic acid groups (broad SMARTS) is 1. The second-order valence-corrected chi connectivity index (χ2v) is 4.91. The molecule has 2 N–H and O–H groups in total. The first-order chi connectivity index (χ1) is 9.11. The highest BCUT2D eigenvalue weighted by molar-refractivity contribution is 7.09. The molecule has 2 aromatic rings. The molecule has 1 atom stereocenters. The summed E-state index contributed by atoms with van der Waals surface area (Å²) < 4.78 is 5.23. The molecule has 0 aliphatic carbocycles. The highest BCUT2D eigenvalue weighted by Gasteiger charge is 2.13. The molecule has 1 heterocycles. The van der Waals surface area contributed by atoms with Gasteiger partial charge in [-0.3, -0.25) is 4.98 Å². The van der Waals surface area contributed by atoms with Crippen molar-refractivity contribution in [3.05, 3.63) is 40.3 Å². The smallest absolute Gasteiger partial charge is 0.335 e. The molecule has 0 saturated carbocycles. The average molecular weight is 278 g/mol. The molecular weight excluding hydrogens is 264 g/mol. The Bertz CT molecular complexity index is 569. The summed E-state index contributed by atoms with van der Waals surface area (Å²) in [6, 6.07) is 4.76. The summed E-state index contributed by atoms with van der Waals surface area (Å²) >= 11 is 1.54. The van der Waals surface area contributed by atoms with Gasteiger partial charge in [-0.15, -0.1) is 11.3 Å². The number of benzene rings is 1. The van der Waals surface area contributed by atoms with Crippen LogP contribution in [0.3, 0.4) is 0 Å². The van der Waals surface area contributed by atoms with Crippen LogP contribution in [0.25, 0.3) is 0 Å². The number of nitrogens with one attached hydrogen (secondary N) is 1. The first-order valence-corrected chi connectivity index (χ1v) is 6.56. The number of aromatic carboxylic acids is 1. The van der Waals surface area contributed by atoms with E-state index in [1.54, 1.807) is 42.3 Å². The predicted octanol–water partition coefficient (Wildman–Crippen LogP) is 3.02. The van der Waals surface area contributed by atoms with Crippen LogP contribution in [0.4, 0.5) is 5.69 Å². The van der Waals surface area contributed by atoms with E-state index in [4.69, 9.17) is 9.84 Å². The van der Waals surface area contributed by atoms with E-state index in [1.807, 2.05) is 6.92 Å². The lowest BCUT2D eigenvalue weighted by atomic mass is 10.1. The van der Waals surface area contributed by atoms with Crippen LogP contribution in [0, 0.1) is 0 Å². The summed E-state index contributed by atoms with van der Waals surface area (Å²) in [5.74, 6) is -0.350. The molecule has 1 aromatic heterocycles. The number of hydrogen-bond acceptors (Lipinski definition) is 5. The molecule has 1 aromatic carbocycles. The Morgan fingerprint density at radius 3 is 2.89 bits per heavy atom. The maximum atomic E-state index is 11.0. The third-order valence-electron chi connectivity index (χ3n) is 2.70. The maximum absolute atomic E-state index is 11.0. The van der Waals surface area contributed by atoms with Crippen LogP contribution >= 0.6 is 11.3 Å². The average Bonchev–Trinajstić information content (AvgIpc) is 2.92. The second kappa shape index (κ2) is 5.71. The molecule has 0 aliphatic rings. The lowest BCUT2D eigenvalue weighted by Crippen LogP contribution is -2.07. The molecule has 0 amide bonds. The Hall–Kier alpha value is -2.08. The van der Waals surface area contributed by atoms with Gasteiger partial charge in [-0.25, -0.2) is 4.79 Å². The summed E-state index contributed by atoms with van der Waals surface area (Å²) in [6.45, 7) is 1.99. The van der Waals surface area contributed by atoms with Crippen molar-refractivity contribution in [1.82, 2.24) is 4.98 Å². The number of aromatic nitrogens is 1. The van der Waals surface area contributed by atoms with Gasteiger partial charge in [0.2, 0.25) is 0 Å². The summed E-state index contributed by atoms with van der Waals surface area (Å²) in [4.78, 5) is 16.1. The van der Waals surface area contributed by atoms with Crippen LogP contribution in [-0.4, -0.2) is 23.2 Å². The Labute approximate surface area is 114 Å². The van der Waals surface area contributed by atoms with Crippen molar-refractivity contribution in [2.75, 3.05) is 12.4 Å². The van der Waals surface area contributed by atoms with Crippen LogP contribution in [0.5, 0.6) is 5.75 Å². The van der Waals surface area contributed by atoms with Crippen molar-refractivity contribution in [1.29, 1.82) is 0 Å². The summed E-state index contributed by atoms with van der Waals surface area (Å²) in [5.41, 5.74) is 2.64. The first-order valence-electron chi connectivity index (χ1n) is 5.68. The van der Waals surface area contributed by atoms with Gasteiger partial charge in [0.15, 0.2) is 0 Å². The summed E-state index contributed by atoms with van der Waals surface area (Å²) in [6.07, 6.45) is 1.79. The topological polar surface area (TPSA) is 71.5 Å². The SMILES string of the molecule is COc1ccc(C(=O)O)cc1NC(C)c1cncs1. The van der Waals surface area contributed by atoms with Crippen LogP contribution in [-0.2, 0) is 0 Å². The number of rotatable bonds is 5. The maximum Gasteiger partial charge on any atom is 0.335 e. The molecule has 0 fully saturated rings. The van der Waals surface area contributed by atoms with Gasteiger partial charge in [-0.05, 0) is 25.1 Å². The van der Waals surface area contributed by atoms with Gasteiger partial charge in [-0.1, -0.05) is 0 Å². The van der Waals surface area contributed by atoms with Crippen molar-refractivity contribution in [3.8, 4) is 5.75 Å². The number of nitrogens with zero attached hydrogens (tertiary/aromatic N) is 1. The predicted molar refractivity (Wildman–Crippen MR) is 74.1 cm³/mol. The van der Waals surface area contributed by atoms with Gasteiger partial charge in [0.1, 0.15) is 5.75 Å². The fourth-order valence-electron chi connectivity index (χ4n) is 1.70. The van der Waals surface area contributed by atoms with E-state index in [2.05, 4.69) is 10.3 Å². The highest BCUT2D eigenvalue weighted by atomic mass is 32.1. The number of carbonyl (C=O) groups is 1. The lowest BCUT2D eigenvalue weighted by molar-refractivity contribution is 0.0697. The molecule has 5 nitrogen and oxygen atoms in total. The Morgan fingerprint density at radius 2 is 2.32 bits per heavy atom. The van der Waals surface area contributed by atoms with E-state index in [0.717, 1.165) is 4.88 Å². The van der Waals surface area contributed by atoms with Gasteiger partial charge >= 0.3 is 5.97 Å².